The zero-order valence-corrected chi connectivity index (χ0v) is 38.6. The molecule has 0 bridgehead atoms. The van der Waals surface area contributed by atoms with E-state index in [1.54, 1.807) is 6.08 Å². The molecule has 0 aromatic carbocycles. The van der Waals surface area contributed by atoms with Gasteiger partial charge in [0.2, 0.25) is 0 Å². The summed E-state index contributed by atoms with van der Waals surface area (Å²) < 4.78 is 47.7. The zero-order chi connectivity index (χ0) is 46.1. The van der Waals surface area contributed by atoms with Gasteiger partial charge in [0.05, 0.1) is 38.1 Å². The van der Waals surface area contributed by atoms with E-state index in [-0.39, 0.29) is 31.1 Å². The molecule has 358 valence electrons. The van der Waals surface area contributed by atoms with Crippen LogP contribution in [0.5, 0.6) is 0 Å². The standard InChI is InChI=1S/C44H76O16P2/c1-3-5-7-8-9-10-11-12-13-14-15-16-17-18-24-28-44(50)60-38(35-59-62(54,55)58-33-37(46)32-57-61(51,52)53)34-56-43(49)27-23-20-19-22-26-39-40(42(48)31-41(39)47)30-29-36(45)25-21-6-4-2/h9-10,12-13,15-16,19,22,29-30,36-42,45-48H,3-8,11,14,17-18,20-21,23-28,31-35H2,1-2H3,(H,54,55)(H2,51,52,53)/b10-9-,13-12-,16-15-,22-19+,30-29+/t36-,37-,38+,39+,40+,41-,42+/m0/s1. The van der Waals surface area contributed by atoms with Crippen LogP contribution in [0.2, 0.25) is 0 Å². The van der Waals surface area contributed by atoms with Crippen LogP contribution in [0.4, 0.5) is 0 Å². The normalized spacial score (nSPS) is 21.1. The van der Waals surface area contributed by atoms with Gasteiger partial charge in [-0.1, -0.05) is 107 Å². The molecule has 1 rings (SSSR count). The van der Waals surface area contributed by atoms with E-state index >= 15 is 0 Å². The summed E-state index contributed by atoms with van der Waals surface area (Å²) in [6.07, 6.45) is 28.9. The molecule has 62 heavy (non-hydrogen) atoms. The molecule has 1 unspecified atom stereocenters. The van der Waals surface area contributed by atoms with Gasteiger partial charge in [0.25, 0.3) is 0 Å². The second-order valence-corrected chi connectivity index (χ2v) is 18.3. The van der Waals surface area contributed by atoms with Crippen molar-refractivity contribution in [2.24, 2.45) is 11.8 Å². The number of esters is 2. The highest BCUT2D eigenvalue weighted by Crippen LogP contribution is 2.44. The third-order valence-electron chi connectivity index (χ3n) is 9.94. The Morgan fingerprint density at radius 1 is 0.661 bits per heavy atom. The number of phosphoric ester groups is 2. The van der Waals surface area contributed by atoms with Crippen LogP contribution in [0, 0.1) is 11.8 Å². The van der Waals surface area contributed by atoms with E-state index in [2.05, 4.69) is 53.3 Å². The smallest absolute Gasteiger partial charge is 0.462 e. The Bertz CT molecular complexity index is 1440. The second kappa shape index (κ2) is 35.0. The van der Waals surface area contributed by atoms with Crippen LogP contribution < -0.4 is 0 Å². The Morgan fingerprint density at radius 3 is 1.89 bits per heavy atom. The lowest BCUT2D eigenvalue weighted by molar-refractivity contribution is -0.161. The van der Waals surface area contributed by atoms with E-state index < -0.39 is 84.5 Å². The fraction of sp³-hybridized carbons (Fsp3) is 0.727. The SMILES string of the molecule is CCCCC/C=C\C/C=C\C/C=C\CCCCC(=O)O[C@H](COC(=O)CCC/C=C/C[C@@H]1[C@@H](/C=C/[C@@H](O)CCCCC)[C@H](O)C[C@@H]1O)COP(=O)(O)OC[C@@H](O)COP(=O)(O)O. The number of hydrogen-bond acceptors (Lipinski definition) is 13. The molecule has 0 amide bonds. The highest BCUT2D eigenvalue weighted by Gasteiger charge is 2.39. The van der Waals surface area contributed by atoms with Crippen molar-refractivity contribution in [1.82, 2.24) is 0 Å². The van der Waals surface area contributed by atoms with Crippen LogP contribution >= 0.6 is 15.6 Å². The number of unbranched alkanes of at least 4 members (excludes halogenated alkanes) is 8. The molecule has 0 saturated heterocycles. The van der Waals surface area contributed by atoms with Gasteiger partial charge < -0.3 is 44.6 Å². The molecule has 0 heterocycles. The van der Waals surface area contributed by atoms with Crippen molar-refractivity contribution in [3.63, 3.8) is 0 Å². The first-order valence-electron chi connectivity index (χ1n) is 22.2. The largest absolute Gasteiger partial charge is 0.472 e. The molecule has 0 aliphatic heterocycles. The van der Waals surface area contributed by atoms with Gasteiger partial charge in [0, 0.05) is 25.2 Å². The van der Waals surface area contributed by atoms with E-state index in [0.29, 0.717) is 38.5 Å². The molecule has 0 spiro atoms. The maximum Gasteiger partial charge on any atom is 0.472 e. The number of phosphoric acid groups is 2. The van der Waals surface area contributed by atoms with Gasteiger partial charge in [0.15, 0.2) is 6.10 Å². The summed E-state index contributed by atoms with van der Waals surface area (Å²) in [5.74, 6) is -1.77. The first kappa shape index (κ1) is 57.7. The number of carbonyl (C=O) groups excluding carboxylic acids is 2. The topological polar surface area (TPSA) is 256 Å². The Morgan fingerprint density at radius 2 is 1.23 bits per heavy atom. The van der Waals surface area contributed by atoms with Crippen LogP contribution in [-0.4, -0.2) is 104 Å². The quantitative estimate of drug-likeness (QED) is 0.0137. The first-order chi connectivity index (χ1) is 29.6. The molecule has 7 N–H and O–H groups in total. The van der Waals surface area contributed by atoms with Crippen molar-refractivity contribution in [1.29, 1.82) is 0 Å². The molecule has 1 aliphatic carbocycles. The van der Waals surface area contributed by atoms with Crippen molar-refractivity contribution in [3.8, 4) is 0 Å². The van der Waals surface area contributed by atoms with E-state index in [4.69, 9.17) is 23.8 Å². The Hall–Kier alpha value is -2.30. The van der Waals surface area contributed by atoms with Crippen LogP contribution in [0.25, 0.3) is 0 Å². The second-order valence-electron chi connectivity index (χ2n) is 15.6. The molecule has 1 fully saturated rings. The lowest BCUT2D eigenvalue weighted by Crippen LogP contribution is -2.29. The molecule has 0 radical (unpaired) electrons. The lowest BCUT2D eigenvalue weighted by atomic mass is 9.89. The van der Waals surface area contributed by atoms with Gasteiger partial charge in [-0.2, -0.15) is 0 Å². The number of rotatable bonds is 37. The van der Waals surface area contributed by atoms with Gasteiger partial charge in [-0.05, 0) is 76.5 Å². The number of aliphatic hydroxyl groups excluding tert-OH is 4. The Balaban J connectivity index is 2.61. The van der Waals surface area contributed by atoms with Gasteiger partial charge in [0.1, 0.15) is 12.7 Å². The molecule has 1 saturated carbocycles. The fourth-order valence-electron chi connectivity index (χ4n) is 6.46. The zero-order valence-electron chi connectivity index (χ0n) is 36.8. The predicted octanol–water partition coefficient (Wildman–Crippen LogP) is 7.61. The average molecular weight is 923 g/mol. The summed E-state index contributed by atoms with van der Waals surface area (Å²) in [7, 11) is -9.78. The fourth-order valence-corrected chi connectivity index (χ4v) is 7.62. The Labute approximate surface area is 369 Å². The maximum absolute atomic E-state index is 12.7. The molecule has 0 aromatic rings. The van der Waals surface area contributed by atoms with Crippen molar-refractivity contribution in [2.75, 3.05) is 26.4 Å². The molecular formula is C44H76O16P2. The van der Waals surface area contributed by atoms with E-state index in [1.165, 1.54) is 19.3 Å². The number of carbonyl (C=O) groups is 2. The number of ether oxygens (including phenoxy) is 2. The summed E-state index contributed by atoms with van der Waals surface area (Å²) in [6, 6.07) is 0. The predicted molar refractivity (Wildman–Crippen MR) is 236 cm³/mol. The lowest BCUT2D eigenvalue weighted by Gasteiger charge is -2.20. The van der Waals surface area contributed by atoms with Crippen molar-refractivity contribution in [3.05, 3.63) is 60.8 Å². The molecule has 0 aromatic heterocycles. The molecule has 16 nitrogen and oxygen atoms in total. The van der Waals surface area contributed by atoms with E-state index in [0.717, 1.165) is 44.9 Å². The molecule has 18 heteroatoms. The summed E-state index contributed by atoms with van der Waals surface area (Å²) in [5, 5.41) is 41.1. The molecule has 1 aliphatic rings. The van der Waals surface area contributed by atoms with Gasteiger partial charge >= 0.3 is 27.6 Å². The highest BCUT2D eigenvalue weighted by atomic mass is 31.2. The summed E-state index contributed by atoms with van der Waals surface area (Å²) in [5.41, 5.74) is 0. The van der Waals surface area contributed by atoms with Crippen LogP contribution in [0.1, 0.15) is 136 Å². The number of aliphatic hydroxyl groups is 4. The minimum absolute atomic E-state index is 0.00751. The van der Waals surface area contributed by atoms with Crippen LogP contribution in [0.3, 0.4) is 0 Å². The minimum atomic E-state index is -4.90. The van der Waals surface area contributed by atoms with E-state index in [1.807, 2.05) is 24.3 Å². The average Bonchev–Trinajstić information content (AvgIpc) is 3.49. The van der Waals surface area contributed by atoms with Crippen molar-refractivity contribution >= 4 is 27.6 Å². The minimum Gasteiger partial charge on any atom is -0.462 e. The van der Waals surface area contributed by atoms with Gasteiger partial charge in [-0.25, -0.2) is 9.13 Å². The number of hydrogen-bond donors (Lipinski definition) is 7. The van der Waals surface area contributed by atoms with Crippen LogP contribution in [-0.2, 0) is 41.8 Å². The van der Waals surface area contributed by atoms with E-state index in [9.17, 15) is 44.0 Å². The summed E-state index contributed by atoms with van der Waals surface area (Å²) >= 11 is 0. The van der Waals surface area contributed by atoms with Crippen LogP contribution in [0.15, 0.2) is 60.8 Å². The Kier molecular flexibility index (Phi) is 32.6. The van der Waals surface area contributed by atoms with Gasteiger partial charge in [-0.15, -0.1) is 0 Å². The summed E-state index contributed by atoms with van der Waals surface area (Å²) in [6.45, 7) is 1.30. The van der Waals surface area contributed by atoms with Crippen molar-refractivity contribution < 1.29 is 76.9 Å². The highest BCUT2D eigenvalue weighted by molar-refractivity contribution is 7.47. The van der Waals surface area contributed by atoms with Gasteiger partial charge in [-0.3, -0.25) is 23.2 Å². The monoisotopic (exact) mass is 922 g/mol. The number of allylic oxidation sites excluding steroid dienone is 8. The third kappa shape index (κ3) is 31.5. The molecule has 8 atom stereocenters. The maximum atomic E-state index is 12.7. The first-order valence-corrected chi connectivity index (χ1v) is 25.3. The molecular weight excluding hydrogens is 846 g/mol. The van der Waals surface area contributed by atoms with Crippen molar-refractivity contribution in [2.45, 2.75) is 166 Å². The third-order valence-corrected chi connectivity index (χ3v) is 11.4. The summed E-state index contributed by atoms with van der Waals surface area (Å²) in [4.78, 5) is 52.9.